The van der Waals surface area contributed by atoms with Crippen LogP contribution in [0.5, 0.6) is 0 Å². The Bertz CT molecular complexity index is 225. The molecule has 0 saturated heterocycles. The highest BCUT2D eigenvalue weighted by Gasteiger charge is 2.23. The average molecular weight is 242 g/mol. The number of carbonyl (C=O) groups is 1. The molecule has 1 saturated carbocycles. The largest absolute Gasteiger partial charge is 0.383 e. The van der Waals surface area contributed by atoms with Crippen molar-refractivity contribution < 1.29 is 9.53 Å². The molecule has 0 radical (unpaired) electrons. The van der Waals surface area contributed by atoms with Crippen molar-refractivity contribution in [1.82, 2.24) is 5.32 Å². The fourth-order valence-electron chi connectivity index (χ4n) is 2.34. The van der Waals surface area contributed by atoms with Crippen molar-refractivity contribution in [3.8, 4) is 0 Å². The van der Waals surface area contributed by atoms with Gasteiger partial charge in [-0.1, -0.05) is 6.92 Å². The number of hydrogen-bond acceptors (Lipinski definition) is 3. The summed E-state index contributed by atoms with van der Waals surface area (Å²) >= 11 is 0. The van der Waals surface area contributed by atoms with Gasteiger partial charge in [0.1, 0.15) is 0 Å². The van der Waals surface area contributed by atoms with E-state index < -0.39 is 0 Å². The van der Waals surface area contributed by atoms with Gasteiger partial charge in [0.05, 0.1) is 6.61 Å². The van der Waals surface area contributed by atoms with Gasteiger partial charge in [0, 0.05) is 25.6 Å². The molecule has 0 spiro atoms. The van der Waals surface area contributed by atoms with Crippen molar-refractivity contribution in [2.24, 2.45) is 17.6 Å². The minimum atomic E-state index is 0.0201. The SMILES string of the molecule is COCC(N)CCNC(=O)C1CCC(C)CC1. The van der Waals surface area contributed by atoms with Gasteiger partial charge in [-0.3, -0.25) is 4.79 Å². The zero-order valence-corrected chi connectivity index (χ0v) is 11.1. The smallest absolute Gasteiger partial charge is 0.223 e. The first-order valence-corrected chi connectivity index (χ1v) is 6.65. The van der Waals surface area contributed by atoms with Crippen molar-refractivity contribution in [3.05, 3.63) is 0 Å². The molecule has 1 aliphatic carbocycles. The Morgan fingerprint density at radius 3 is 2.65 bits per heavy atom. The predicted molar refractivity (Wildman–Crippen MR) is 68.6 cm³/mol. The number of rotatable bonds is 6. The first-order valence-electron chi connectivity index (χ1n) is 6.65. The fraction of sp³-hybridized carbons (Fsp3) is 0.923. The molecule has 0 aromatic carbocycles. The Kier molecular flexibility index (Phi) is 6.52. The molecule has 1 fully saturated rings. The summed E-state index contributed by atoms with van der Waals surface area (Å²) in [4.78, 5) is 11.9. The van der Waals surface area contributed by atoms with Crippen LogP contribution in [0.2, 0.25) is 0 Å². The van der Waals surface area contributed by atoms with Gasteiger partial charge in [-0.25, -0.2) is 0 Å². The Labute approximate surface area is 104 Å². The van der Waals surface area contributed by atoms with Crippen LogP contribution in [0.1, 0.15) is 39.0 Å². The van der Waals surface area contributed by atoms with E-state index in [4.69, 9.17) is 10.5 Å². The lowest BCUT2D eigenvalue weighted by atomic mass is 9.82. The molecule has 4 nitrogen and oxygen atoms in total. The molecule has 1 amide bonds. The monoisotopic (exact) mass is 242 g/mol. The third-order valence-corrected chi connectivity index (χ3v) is 3.58. The van der Waals surface area contributed by atoms with Crippen LogP contribution in [0.25, 0.3) is 0 Å². The van der Waals surface area contributed by atoms with Crippen LogP contribution in [0.3, 0.4) is 0 Å². The highest BCUT2D eigenvalue weighted by atomic mass is 16.5. The summed E-state index contributed by atoms with van der Waals surface area (Å²) in [6.07, 6.45) is 5.22. The van der Waals surface area contributed by atoms with Crippen molar-refractivity contribution >= 4 is 5.91 Å². The topological polar surface area (TPSA) is 64.3 Å². The standard InChI is InChI=1S/C13H26N2O2/c1-10-3-5-11(6-4-10)13(16)15-8-7-12(14)9-17-2/h10-12H,3-9,14H2,1-2H3,(H,15,16). The number of nitrogens with one attached hydrogen (secondary N) is 1. The van der Waals surface area contributed by atoms with E-state index in [0.29, 0.717) is 13.2 Å². The number of nitrogens with two attached hydrogens (primary N) is 1. The average Bonchev–Trinajstić information content (AvgIpc) is 2.30. The number of amides is 1. The maximum atomic E-state index is 11.9. The second kappa shape index (κ2) is 7.67. The molecule has 0 aromatic rings. The lowest BCUT2D eigenvalue weighted by Gasteiger charge is -2.25. The Morgan fingerprint density at radius 1 is 1.41 bits per heavy atom. The highest BCUT2D eigenvalue weighted by molar-refractivity contribution is 5.78. The van der Waals surface area contributed by atoms with Crippen LogP contribution < -0.4 is 11.1 Å². The number of methoxy groups -OCH3 is 1. The molecular formula is C13H26N2O2. The van der Waals surface area contributed by atoms with Gasteiger partial charge >= 0.3 is 0 Å². The Balaban J connectivity index is 2.12. The van der Waals surface area contributed by atoms with Gasteiger partial charge in [0.15, 0.2) is 0 Å². The summed E-state index contributed by atoms with van der Waals surface area (Å²) in [5.74, 6) is 1.22. The lowest BCUT2D eigenvalue weighted by Crippen LogP contribution is -2.36. The van der Waals surface area contributed by atoms with Gasteiger partial charge in [0.2, 0.25) is 5.91 Å². The predicted octanol–water partition coefficient (Wildman–Crippen LogP) is 1.29. The maximum Gasteiger partial charge on any atom is 0.223 e. The molecule has 1 rings (SSSR count). The Morgan fingerprint density at radius 2 is 2.06 bits per heavy atom. The van der Waals surface area contributed by atoms with Gasteiger partial charge in [-0.2, -0.15) is 0 Å². The van der Waals surface area contributed by atoms with E-state index in [9.17, 15) is 4.79 Å². The highest BCUT2D eigenvalue weighted by Crippen LogP contribution is 2.28. The number of ether oxygens (including phenoxy) is 1. The molecule has 4 heteroatoms. The van der Waals surface area contributed by atoms with Crippen LogP contribution in [-0.4, -0.2) is 32.2 Å². The minimum absolute atomic E-state index is 0.0201. The van der Waals surface area contributed by atoms with E-state index in [1.807, 2.05) is 0 Å². The molecule has 1 unspecified atom stereocenters. The van der Waals surface area contributed by atoms with E-state index in [2.05, 4.69) is 12.2 Å². The molecule has 100 valence electrons. The summed E-state index contributed by atoms with van der Waals surface area (Å²) in [5, 5.41) is 2.98. The van der Waals surface area contributed by atoms with E-state index in [-0.39, 0.29) is 17.9 Å². The summed E-state index contributed by atoms with van der Waals surface area (Å²) in [5.41, 5.74) is 5.79. The third kappa shape index (κ3) is 5.50. The van der Waals surface area contributed by atoms with Gasteiger partial charge < -0.3 is 15.8 Å². The van der Waals surface area contributed by atoms with Crippen LogP contribution in [0.4, 0.5) is 0 Å². The second-order valence-corrected chi connectivity index (χ2v) is 5.25. The third-order valence-electron chi connectivity index (χ3n) is 3.58. The molecule has 1 atom stereocenters. The fourth-order valence-corrected chi connectivity index (χ4v) is 2.34. The van der Waals surface area contributed by atoms with E-state index in [1.165, 1.54) is 12.8 Å². The maximum absolute atomic E-state index is 11.9. The van der Waals surface area contributed by atoms with Crippen molar-refractivity contribution in [2.45, 2.75) is 45.1 Å². The van der Waals surface area contributed by atoms with E-state index in [0.717, 1.165) is 25.2 Å². The molecule has 0 bridgehead atoms. The molecule has 0 aromatic heterocycles. The normalized spacial score (nSPS) is 26.5. The van der Waals surface area contributed by atoms with Crippen LogP contribution in [0, 0.1) is 11.8 Å². The van der Waals surface area contributed by atoms with Crippen LogP contribution >= 0.6 is 0 Å². The quantitative estimate of drug-likeness (QED) is 0.737. The minimum Gasteiger partial charge on any atom is -0.383 e. The molecule has 0 aliphatic heterocycles. The number of carbonyl (C=O) groups excluding carboxylic acids is 1. The molecule has 1 aliphatic rings. The van der Waals surface area contributed by atoms with E-state index in [1.54, 1.807) is 7.11 Å². The summed E-state index contributed by atoms with van der Waals surface area (Å²) in [6, 6.07) is 0.0201. The molecule has 3 N–H and O–H groups in total. The molecule has 17 heavy (non-hydrogen) atoms. The van der Waals surface area contributed by atoms with E-state index >= 15 is 0 Å². The van der Waals surface area contributed by atoms with Crippen molar-refractivity contribution in [3.63, 3.8) is 0 Å². The number of hydrogen-bond donors (Lipinski definition) is 2. The summed E-state index contributed by atoms with van der Waals surface area (Å²) < 4.78 is 4.95. The first kappa shape index (κ1) is 14.5. The van der Waals surface area contributed by atoms with Crippen LogP contribution in [-0.2, 0) is 9.53 Å². The second-order valence-electron chi connectivity index (χ2n) is 5.25. The summed E-state index contributed by atoms with van der Waals surface area (Å²) in [6.45, 7) is 3.48. The van der Waals surface area contributed by atoms with Gasteiger partial charge in [-0.15, -0.1) is 0 Å². The van der Waals surface area contributed by atoms with Gasteiger partial charge in [-0.05, 0) is 38.0 Å². The molecule has 0 heterocycles. The van der Waals surface area contributed by atoms with Crippen molar-refractivity contribution in [1.29, 1.82) is 0 Å². The summed E-state index contributed by atoms with van der Waals surface area (Å²) in [7, 11) is 1.64. The van der Waals surface area contributed by atoms with Gasteiger partial charge in [0.25, 0.3) is 0 Å². The first-order chi connectivity index (χ1) is 8.13. The zero-order valence-electron chi connectivity index (χ0n) is 11.1. The lowest BCUT2D eigenvalue weighted by molar-refractivity contribution is -0.126. The zero-order chi connectivity index (χ0) is 12.7. The molecular weight excluding hydrogens is 216 g/mol. The van der Waals surface area contributed by atoms with Crippen molar-refractivity contribution in [2.75, 3.05) is 20.3 Å². The Hall–Kier alpha value is -0.610. The van der Waals surface area contributed by atoms with Crippen LogP contribution in [0.15, 0.2) is 0 Å².